The third-order valence-corrected chi connectivity index (χ3v) is 1.58. The Kier molecular flexibility index (Phi) is 2.77. The van der Waals surface area contributed by atoms with Crippen molar-refractivity contribution in [3.63, 3.8) is 0 Å². The number of halogens is 4. The van der Waals surface area contributed by atoms with Crippen LogP contribution in [0.5, 0.6) is 0 Å². The largest absolute Gasteiger partial charge is 0.410 e. The van der Waals surface area contributed by atoms with Crippen LogP contribution in [0.25, 0.3) is 0 Å². The molecule has 0 amide bonds. The lowest BCUT2D eigenvalue weighted by atomic mass is 10.2. The standard InChI is InChI=1S/C7H3ClF3NO/c8-7(12-13)4-1-3(9)2-5(10)6(4)11/h1-2,13H/b12-7-. The average Bonchev–Trinajstić information content (AvgIpc) is 2.10. The molecule has 2 nitrogen and oxygen atoms in total. The zero-order valence-corrected chi connectivity index (χ0v) is 6.82. The van der Waals surface area contributed by atoms with Gasteiger partial charge in [0.25, 0.3) is 0 Å². The first-order chi connectivity index (χ1) is 6.06. The van der Waals surface area contributed by atoms with Gasteiger partial charge in [-0.25, -0.2) is 13.2 Å². The molecular formula is C7H3ClF3NO. The van der Waals surface area contributed by atoms with Gasteiger partial charge in [-0.15, -0.1) is 0 Å². The monoisotopic (exact) mass is 209 g/mol. The summed E-state index contributed by atoms with van der Waals surface area (Å²) in [5, 5.41) is 9.84. The van der Waals surface area contributed by atoms with Crippen molar-refractivity contribution < 1.29 is 18.4 Å². The highest BCUT2D eigenvalue weighted by molar-refractivity contribution is 6.69. The zero-order chi connectivity index (χ0) is 10.0. The third kappa shape index (κ3) is 1.92. The SMILES string of the molecule is O/N=C(\Cl)c1cc(F)cc(F)c1F. The summed E-state index contributed by atoms with van der Waals surface area (Å²) in [5.41, 5.74) is -0.623. The van der Waals surface area contributed by atoms with Gasteiger partial charge >= 0.3 is 0 Å². The summed E-state index contributed by atoms with van der Waals surface area (Å²) in [4.78, 5) is 0. The van der Waals surface area contributed by atoms with E-state index in [4.69, 9.17) is 16.8 Å². The van der Waals surface area contributed by atoms with Crippen molar-refractivity contribution in [2.45, 2.75) is 0 Å². The predicted molar refractivity (Wildman–Crippen MR) is 40.5 cm³/mol. The van der Waals surface area contributed by atoms with Crippen LogP contribution in [0.15, 0.2) is 17.3 Å². The highest BCUT2D eigenvalue weighted by atomic mass is 35.5. The Morgan fingerprint density at radius 1 is 1.31 bits per heavy atom. The Bertz CT molecular complexity index is 367. The molecule has 1 aromatic carbocycles. The Hall–Kier alpha value is -1.23. The van der Waals surface area contributed by atoms with Crippen LogP contribution in [0.4, 0.5) is 13.2 Å². The van der Waals surface area contributed by atoms with Gasteiger partial charge in [0, 0.05) is 6.07 Å². The Morgan fingerprint density at radius 2 is 1.92 bits per heavy atom. The molecule has 1 aromatic rings. The highest BCUT2D eigenvalue weighted by Crippen LogP contribution is 2.16. The van der Waals surface area contributed by atoms with E-state index in [9.17, 15) is 13.2 Å². The molecule has 0 heterocycles. The topological polar surface area (TPSA) is 32.6 Å². The van der Waals surface area contributed by atoms with E-state index in [-0.39, 0.29) is 0 Å². The Morgan fingerprint density at radius 3 is 2.46 bits per heavy atom. The fraction of sp³-hybridized carbons (Fsp3) is 0. The predicted octanol–water partition coefficient (Wildman–Crippen LogP) is 2.48. The van der Waals surface area contributed by atoms with Crippen molar-refractivity contribution in [3.05, 3.63) is 35.1 Å². The van der Waals surface area contributed by atoms with Crippen LogP contribution in [-0.2, 0) is 0 Å². The fourth-order valence-corrected chi connectivity index (χ4v) is 0.897. The molecule has 0 fully saturated rings. The molecule has 6 heteroatoms. The lowest BCUT2D eigenvalue weighted by molar-refractivity contribution is 0.320. The number of hydrogen-bond donors (Lipinski definition) is 1. The van der Waals surface area contributed by atoms with Crippen LogP contribution in [-0.4, -0.2) is 10.4 Å². The maximum atomic E-state index is 12.8. The molecule has 0 aliphatic carbocycles. The lowest BCUT2D eigenvalue weighted by Crippen LogP contribution is -2.00. The summed E-state index contributed by atoms with van der Waals surface area (Å²) < 4.78 is 37.8. The second-order valence-corrected chi connectivity index (χ2v) is 2.50. The Balaban J connectivity index is 3.37. The van der Waals surface area contributed by atoms with E-state index >= 15 is 0 Å². The number of rotatable bonds is 1. The summed E-state index contributed by atoms with van der Waals surface area (Å²) in [6.07, 6.45) is 0. The number of benzene rings is 1. The van der Waals surface area contributed by atoms with Gasteiger partial charge in [0.2, 0.25) is 0 Å². The van der Waals surface area contributed by atoms with Gasteiger partial charge < -0.3 is 5.21 Å². The van der Waals surface area contributed by atoms with Crippen molar-refractivity contribution >= 4 is 16.8 Å². The third-order valence-electron chi connectivity index (χ3n) is 1.30. The van der Waals surface area contributed by atoms with Crippen LogP contribution in [0.3, 0.4) is 0 Å². The van der Waals surface area contributed by atoms with Gasteiger partial charge in [-0.3, -0.25) is 0 Å². The molecule has 0 radical (unpaired) electrons. The molecule has 0 atom stereocenters. The fourth-order valence-electron chi connectivity index (χ4n) is 0.760. The smallest absolute Gasteiger partial charge is 0.178 e. The van der Waals surface area contributed by atoms with Crippen molar-refractivity contribution in [2.24, 2.45) is 5.16 Å². The molecule has 1 rings (SSSR count). The van der Waals surface area contributed by atoms with Gasteiger partial charge in [-0.1, -0.05) is 16.8 Å². The zero-order valence-electron chi connectivity index (χ0n) is 6.06. The van der Waals surface area contributed by atoms with Crippen LogP contribution < -0.4 is 0 Å². The molecule has 0 bridgehead atoms. The van der Waals surface area contributed by atoms with Gasteiger partial charge in [0.05, 0.1) is 5.56 Å². The van der Waals surface area contributed by atoms with E-state index in [1.165, 1.54) is 0 Å². The minimum absolute atomic E-state index is 0.361. The summed E-state index contributed by atoms with van der Waals surface area (Å²) in [7, 11) is 0. The van der Waals surface area contributed by atoms with Gasteiger partial charge in [0.15, 0.2) is 16.8 Å². The number of oxime groups is 1. The van der Waals surface area contributed by atoms with E-state index in [2.05, 4.69) is 5.16 Å². The van der Waals surface area contributed by atoms with E-state index in [1.54, 1.807) is 0 Å². The van der Waals surface area contributed by atoms with Crippen molar-refractivity contribution in [3.8, 4) is 0 Å². The minimum Gasteiger partial charge on any atom is -0.410 e. The summed E-state index contributed by atoms with van der Waals surface area (Å²) in [6, 6.07) is 0.987. The van der Waals surface area contributed by atoms with E-state index in [0.717, 1.165) is 0 Å². The normalized spacial score (nSPS) is 11.8. The molecule has 0 aliphatic heterocycles. The molecule has 0 aromatic heterocycles. The first-order valence-electron chi connectivity index (χ1n) is 3.08. The van der Waals surface area contributed by atoms with Crippen molar-refractivity contribution in [1.82, 2.24) is 0 Å². The minimum atomic E-state index is -1.39. The molecule has 0 aliphatic rings. The quantitative estimate of drug-likeness (QED) is 0.328. The second-order valence-electron chi connectivity index (χ2n) is 2.14. The average molecular weight is 210 g/mol. The molecule has 70 valence electrons. The maximum Gasteiger partial charge on any atom is 0.178 e. The van der Waals surface area contributed by atoms with Crippen molar-refractivity contribution in [2.75, 3.05) is 0 Å². The van der Waals surface area contributed by atoms with Gasteiger partial charge in [-0.2, -0.15) is 0 Å². The number of nitrogens with zero attached hydrogens (tertiary/aromatic N) is 1. The molecule has 0 saturated carbocycles. The molecule has 0 spiro atoms. The van der Waals surface area contributed by atoms with Crippen LogP contribution in [0.2, 0.25) is 0 Å². The van der Waals surface area contributed by atoms with E-state index < -0.39 is 28.2 Å². The summed E-state index contributed by atoms with van der Waals surface area (Å²) >= 11 is 5.17. The van der Waals surface area contributed by atoms with Crippen molar-refractivity contribution in [1.29, 1.82) is 0 Å². The van der Waals surface area contributed by atoms with E-state index in [1.807, 2.05) is 0 Å². The Labute approximate surface area is 76.2 Å². The molecular weight excluding hydrogens is 207 g/mol. The number of hydrogen-bond acceptors (Lipinski definition) is 2. The van der Waals surface area contributed by atoms with E-state index in [0.29, 0.717) is 12.1 Å². The summed E-state index contributed by atoms with van der Waals surface area (Å²) in [5.74, 6) is -3.75. The summed E-state index contributed by atoms with van der Waals surface area (Å²) in [6.45, 7) is 0. The van der Waals surface area contributed by atoms with Gasteiger partial charge in [-0.05, 0) is 6.07 Å². The first-order valence-corrected chi connectivity index (χ1v) is 3.46. The van der Waals surface area contributed by atoms with Crippen LogP contribution >= 0.6 is 11.6 Å². The maximum absolute atomic E-state index is 12.8. The highest BCUT2D eigenvalue weighted by Gasteiger charge is 2.14. The van der Waals surface area contributed by atoms with Gasteiger partial charge in [0.1, 0.15) is 5.82 Å². The van der Waals surface area contributed by atoms with Crippen LogP contribution in [0.1, 0.15) is 5.56 Å². The van der Waals surface area contributed by atoms with Crippen LogP contribution in [0, 0.1) is 17.5 Å². The second kappa shape index (κ2) is 3.66. The molecule has 1 N–H and O–H groups in total. The molecule has 0 saturated heterocycles. The lowest BCUT2D eigenvalue weighted by Gasteiger charge is -2.00. The first kappa shape index (κ1) is 9.85. The molecule has 0 unspecified atom stereocenters. The molecule has 13 heavy (non-hydrogen) atoms.